The number of anilines is 1. The fourth-order valence-corrected chi connectivity index (χ4v) is 3.62. The summed E-state index contributed by atoms with van der Waals surface area (Å²) in [6, 6.07) is 14.5. The first kappa shape index (κ1) is 27.3. The van der Waals surface area contributed by atoms with E-state index in [0.29, 0.717) is 16.7 Å². The molecule has 0 amide bonds. The van der Waals surface area contributed by atoms with Crippen molar-refractivity contribution >= 4 is 15.7 Å². The van der Waals surface area contributed by atoms with Gasteiger partial charge in [0.05, 0.1) is 13.2 Å². The van der Waals surface area contributed by atoms with Crippen molar-refractivity contribution in [3.8, 4) is 16.9 Å². The SMILES string of the molecule is O=S(=O)(Nc1cccc(CCOCc2ccc(-c3ccc(OC(F)(F)F)cc3)cc2F)c1)C(F)(F)F. The summed E-state index contributed by atoms with van der Waals surface area (Å²) >= 11 is 0. The zero-order chi connectivity index (χ0) is 26.6. The Kier molecular flexibility index (Phi) is 8.14. The first-order valence-electron chi connectivity index (χ1n) is 10.1. The highest BCUT2D eigenvalue weighted by molar-refractivity contribution is 7.93. The number of halogens is 7. The Morgan fingerprint density at radius 3 is 2.11 bits per heavy atom. The molecule has 3 rings (SSSR count). The molecule has 0 aliphatic heterocycles. The van der Waals surface area contributed by atoms with Crippen molar-refractivity contribution in [1.29, 1.82) is 0 Å². The van der Waals surface area contributed by atoms with Crippen LogP contribution in [0.5, 0.6) is 5.75 Å². The van der Waals surface area contributed by atoms with Gasteiger partial charge in [-0.05, 0) is 53.4 Å². The lowest BCUT2D eigenvalue weighted by Crippen LogP contribution is -2.29. The van der Waals surface area contributed by atoms with Crippen molar-refractivity contribution < 1.29 is 48.6 Å². The average molecular weight is 537 g/mol. The number of ether oxygens (including phenoxy) is 2. The van der Waals surface area contributed by atoms with Gasteiger partial charge in [-0.1, -0.05) is 36.4 Å². The molecule has 36 heavy (non-hydrogen) atoms. The molecule has 0 atom stereocenters. The summed E-state index contributed by atoms with van der Waals surface area (Å²) in [5.74, 6) is -1.01. The van der Waals surface area contributed by atoms with E-state index in [1.165, 1.54) is 47.2 Å². The second-order valence-electron chi connectivity index (χ2n) is 7.43. The lowest BCUT2D eigenvalue weighted by Gasteiger charge is -2.12. The zero-order valence-electron chi connectivity index (χ0n) is 18.2. The fraction of sp³-hybridized carbons (Fsp3) is 0.217. The lowest BCUT2D eigenvalue weighted by molar-refractivity contribution is -0.274. The molecular weight excluding hydrogens is 519 g/mol. The molecule has 3 aromatic carbocycles. The van der Waals surface area contributed by atoms with E-state index >= 15 is 0 Å². The highest BCUT2D eigenvalue weighted by Gasteiger charge is 2.46. The molecule has 0 fully saturated rings. The Hall–Kier alpha value is -3.32. The van der Waals surface area contributed by atoms with Crippen LogP contribution >= 0.6 is 0 Å². The molecule has 0 radical (unpaired) electrons. The monoisotopic (exact) mass is 537 g/mol. The minimum Gasteiger partial charge on any atom is -0.406 e. The quantitative estimate of drug-likeness (QED) is 0.253. The van der Waals surface area contributed by atoms with Gasteiger partial charge < -0.3 is 9.47 Å². The highest BCUT2D eigenvalue weighted by Crippen LogP contribution is 2.28. The first-order chi connectivity index (χ1) is 16.7. The smallest absolute Gasteiger partial charge is 0.406 e. The van der Waals surface area contributed by atoms with Crippen molar-refractivity contribution in [3.63, 3.8) is 0 Å². The predicted molar refractivity (Wildman–Crippen MR) is 117 cm³/mol. The second kappa shape index (κ2) is 10.7. The zero-order valence-corrected chi connectivity index (χ0v) is 19.0. The van der Waals surface area contributed by atoms with Gasteiger partial charge >= 0.3 is 21.9 Å². The lowest BCUT2D eigenvalue weighted by atomic mass is 10.0. The van der Waals surface area contributed by atoms with Gasteiger partial charge in [-0.15, -0.1) is 13.2 Å². The van der Waals surface area contributed by atoms with Crippen LogP contribution in [0.1, 0.15) is 11.1 Å². The molecule has 0 aliphatic rings. The molecule has 0 saturated carbocycles. The van der Waals surface area contributed by atoms with Crippen LogP contribution in [-0.2, 0) is 27.8 Å². The van der Waals surface area contributed by atoms with Gasteiger partial charge in [-0.3, -0.25) is 4.72 Å². The Balaban J connectivity index is 1.54. The fourth-order valence-electron chi connectivity index (χ4n) is 3.07. The summed E-state index contributed by atoms with van der Waals surface area (Å²) in [5.41, 5.74) is -4.11. The molecule has 0 spiro atoms. The van der Waals surface area contributed by atoms with Crippen molar-refractivity contribution in [2.75, 3.05) is 11.3 Å². The van der Waals surface area contributed by atoms with Gasteiger partial charge in [-0.2, -0.15) is 21.6 Å². The van der Waals surface area contributed by atoms with Gasteiger partial charge in [0, 0.05) is 11.3 Å². The Labute approximate surface area is 201 Å². The van der Waals surface area contributed by atoms with E-state index in [9.17, 15) is 39.2 Å². The van der Waals surface area contributed by atoms with E-state index in [-0.39, 0.29) is 30.9 Å². The molecule has 0 aromatic heterocycles. The molecule has 0 saturated heterocycles. The molecule has 0 unspecified atom stereocenters. The first-order valence-corrected chi connectivity index (χ1v) is 11.6. The van der Waals surface area contributed by atoms with E-state index in [4.69, 9.17) is 4.74 Å². The summed E-state index contributed by atoms with van der Waals surface area (Å²) in [5, 5.41) is 0. The summed E-state index contributed by atoms with van der Waals surface area (Å²) in [7, 11) is -5.54. The van der Waals surface area contributed by atoms with Crippen molar-refractivity contribution in [2.45, 2.75) is 24.9 Å². The van der Waals surface area contributed by atoms with Crippen LogP contribution in [-0.4, -0.2) is 26.9 Å². The number of hydrogen-bond donors (Lipinski definition) is 1. The minimum atomic E-state index is -5.54. The Morgan fingerprint density at radius 1 is 0.833 bits per heavy atom. The predicted octanol–water partition coefficient (Wildman–Crippen LogP) is 6.41. The molecule has 13 heteroatoms. The normalized spacial score (nSPS) is 12.4. The number of hydrogen-bond acceptors (Lipinski definition) is 4. The third-order valence-electron chi connectivity index (χ3n) is 4.75. The van der Waals surface area contributed by atoms with Gasteiger partial charge in [0.2, 0.25) is 0 Å². The number of nitrogens with one attached hydrogen (secondary N) is 1. The second-order valence-corrected chi connectivity index (χ2v) is 9.11. The Morgan fingerprint density at radius 2 is 1.50 bits per heavy atom. The van der Waals surface area contributed by atoms with Crippen molar-refractivity contribution in [1.82, 2.24) is 0 Å². The van der Waals surface area contributed by atoms with Crippen LogP contribution in [0.25, 0.3) is 11.1 Å². The van der Waals surface area contributed by atoms with Crippen LogP contribution in [0.2, 0.25) is 0 Å². The maximum atomic E-state index is 14.5. The number of benzene rings is 3. The van der Waals surface area contributed by atoms with E-state index in [0.717, 1.165) is 12.1 Å². The topological polar surface area (TPSA) is 64.6 Å². The Bertz CT molecular complexity index is 1290. The van der Waals surface area contributed by atoms with E-state index in [2.05, 4.69) is 4.74 Å². The maximum Gasteiger partial charge on any atom is 0.573 e. The molecule has 194 valence electrons. The van der Waals surface area contributed by atoms with Gasteiger partial charge in [0.25, 0.3) is 0 Å². The van der Waals surface area contributed by atoms with Crippen LogP contribution < -0.4 is 9.46 Å². The molecule has 0 heterocycles. The maximum absolute atomic E-state index is 14.5. The van der Waals surface area contributed by atoms with Gasteiger partial charge in [0.15, 0.2) is 0 Å². The largest absolute Gasteiger partial charge is 0.573 e. The minimum absolute atomic E-state index is 0.0668. The summed E-state index contributed by atoms with van der Waals surface area (Å²) in [4.78, 5) is 0. The van der Waals surface area contributed by atoms with Crippen LogP contribution in [0.3, 0.4) is 0 Å². The third-order valence-corrected chi connectivity index (χ3v) is 5.86. The molecule has 0 aliphatic carbocycles. The molecular formula is C23H18F7NO4S. The summed E-state index contributed by atoms with van der Waals surface area (Å²) in [6.45, 7) is -0.0534. The summed E-state index contributed by atoms with van der Waals surface area (Å²) < 4.78 is 122. The van der Waals surface area contributed by atoms with E-state index in [1.54, 1.807) is 12.1 Å². The average Bonchev–Trinajstić information content (AvgIpc) is 2.76. The van der Waals surface area contributed by atoms with E-state index < -0.39 is 33.5 Å². The van der Waals surface area contributed by atoms with Crippen LogP contribution in [0.4, 0.5) is 36.4 Å². The number of alkyl halides is 6. The molecule has 1 N–H and O–H groups in total. The number of sulfonamides is 1. The van der Waals surface area contributed by atoms with Crippen molar-refractivity contribution in [2.24, 2.45) is 0 Å². The molecule has 0 bridgehead atoms. The standard InChI is InChI=1S/C23H18F7NO4S/c24-21-13-17(16-6-8-20(9-7-16)35-22(25,26)27)4-5-18(21)14-34-11-10-15-2-1-3-19(12-15)31-36(32,33)23(28,29)30/h1-9,12-13,31H,10-11,14H2. The van der Waals surface area contributed by atoms with E-state index in [1.807, 2.05) is 0 Å². The van der Waals surface area contributed by atoms with Crippen LogP contribution in [0.15, 0.2) is 66.7 Å². The molecule has 3 aromatic rings. The van der Waals surface area contributed by atoms with Gasteiger partial charge in [-0.25, -0.2) is 4.39 Å². The van der Waals surface area contributed by atoms with Crippen LogP contribution in [0, 0.1) is 5.82 Å². The number of rotatable bonds is 9. The summed E-state index contributed by atoms with van der Waals surface area (Å²) in [6.07, 6.45) is -4.60. The highest BCUT2D eigenvalue weighted by atomic mass is 32.2. The third kappa shape index (κ3) is 7.59. The molecule has 5 nitrogen and oxygen atoms in total. The van der Waals surface area contributed by atoms with Crippen molar-refractivity contribution in [3.05, 3.63) is 83.7 Å². The van der Waals surface area contributed by atoms with Gasteiger partial charge in [0.1, 0.15) is 11.6 Å².